The number of amides is 1. The quantitative estimate of drug-likeness (QED) is 0.819. The Balaban J connectivity index is 2.16. The lowest BCUT2D eigenvalue weighted by Gasteiger charge is -2.25. The van der Waals surface area contributed by atoms with Gasteiger partial charge < -0.3 is 10.4 Å². The number of carboxylic acid groups (broad SMARTS) is 1. The van der Waals surface area contributed by atoms with Gasteiger partial charge in [-0.1, -0.05) is 6.07 Å². The highest BCUT2D eigenvalue weighted by molar-refractivity contribution is 14.1. The van der Waals surface area contributed by atoms with E-state index in [0.717, 1.165) is 19.3 Å². The van der Waals surface area contributed by atoms with E-state index in [-0.39, 0.29) is 0 Å². The SMILES string of the molecule is O=C(O)NC[C@@H]1CCCc2cc(I)ccc21. The lowest BCUT2D eigenvalue weighted by atomic mass is 9.83. The molecule has 1 amide bonds. The number of hydrogen-bond acceptors (Lipinski definition) is 1. The molecule has 16 heavy (non-hydrogen) atoms. The van der Waals surface area contributed by atoms with Crippen LogP contribution < -0.4 is 5.32 Å². The fourth-order valence-corrected chi connectivity index (χ4v) is 2.86. The van der Waals surface area contributed by atoms with Crippen LogP contribution in [-0.2, 0) is 6.42 Å². The second-order valence-electron chi connectivity index (χ2n) is 4.12. The van der Waals surface area contributed by atoms with Crippen molar-refractivity contribution in [2.45, 2.75) is 25.2 Å². The molecule has 86 valence electrons. The van der Waals surface area contributed by atoms with Crippen LogP contribution in [0.4, 0.5) is 4.79 Å². The van der Waals surface area contributed by atoms with E-state index < -0.39 is 6.09 Å². The summed E-state index contributed by atoms with van der Waals surface area (Å²) in [4.78, 5) is 10.5. The zero-order chi connectivity index (χ0) is 11.5. The Morgan fingerprint density at radius 2 is 2.38 bits per heavy atom. The van der Waals surface area contributed by atoms with Crippen molar-refractivity contribution in [3.63, 3.8) is 0 Å². The van der Waals surface area contributed by atoms with E-state index in [1.54, 1.807) is 0 Å². The molecular weight excluding hydrogens is 317 g/mol. The third-order valence-corrected chi connectivity index (χ3v) is 3.71. The topological polar surface area (TPSA) is 49.3 Å². The molecule has 2 rings (SSSR count). The lowest BCUT2D eigenvalue weighted by Crippen LogP contribution is -2.28. The Morgan fingerprint density at radius 1 is 1.56 bits per heavy atom. The van der Waals surface area contributed by atoms with E-state index in [0.29, 0.717) is 12.5 Å². The standard InChI is InChI=1S/C12H14INO2/c13-10-4-5-11-8(6-10)2-1-3-9(11)7-14-12(15)16/h4-6,9,14H,1-3,7H2,(H,15,16)/t9-/m0/s1. The lowest BCUT2D eigenvalue weighted by molar-refractivity contribution is 0.193. The van der Waals surface area contributed by atoms with E-state index in [1.807, 2.05) is 0 Å². The maximum Gasteiger partial charge on any atom is 0.404 e. The third-order valence-electron chi connectivity index (χ3n) is 3.04. The highest BCUT2D eigenvalue weighted by Crippen LogP contribution is 2.31. The molecule has 1 aliphatic rings. The Kier molecular flexibility index (Phi) is 3.68. The van der Waals surface area contributed by atoms with E-state index in [4.69, 9.17) is 5.11 Å². The van der Waals surface area contributed by atoms with E-state index in [9.17, 15) is 4.79 Å². The molecule has 4 heteroatoms. The Bertz CT molecular complexity index is 406. The summed E-state index contributed by atoms with van der Waals surface area (Å²) in [6, 6.07) is 6.45. The average Bonchev–Trinajstić information content (AvgIpc) is 2.25. The molecule has 1 aliphatic carbocycles. The van der Waals surface area contributed by atoms with E-state index >= 15 is 0 Å². The summed E-state index contributed by atoms with van der Waals surface area (Å²) < 4.78 is 1.25. The molecule has 2 N–H and O–H groups in total. The van der Waals surface area contributed by atoms with Crippen molar-refractivity contribution in [3.05, 3.63) is 32.9 Å². The fraction of sp³-hybridized carbons (Fsp3) is 0.417. The number of fused-ring (bicyclic) bond motifs is 1. The summed E-state index contributed by atoms with van der Waals surface area (Å²) in [5, 5.41) is 11.1. The van der Waals surface area contributed by atoms with Gasteiger partial charge in [-0.05, 0) is 65.1 Å². The molecule has 0 bridgehead atoms. The summed E-state index contributed by atoms with van der Waals surface area (Å²) in [7, 11) is 0. The van der Waals surface area contributed by atoms with E-state index in [2.05, 4.69) is 46.1 Å². The Hall–Kier alpha value is -0.780. The van der Waals surface area contributed by atoms with Gasteiger partial charge in [-0.2, -0.15) is 0 Å². The molecule has 0 aromatic heterocycles. The second kappa shape index (κ2) is 5.03. The molecular formula is C12H14INO2. The van der Waals surface area contributed by atoms with Crippen molar-refractivity contribution in [3.8, 4) is 0 Å². The summed E-state index contributed by atoms with van der Waals surface area (Å²) >= 11 is 2.32. The molecule has 0 saturated carbocycles. The van der Waals surface area contributed by atoms with Crippen LogP contribution in [0, 0.1) is 3.57 Å². The van der Waals surface area contributed by atoms with Gasteiger partial charge in [-0.3, -0.25) is 0 Å². The minimum Gasteiger partial charge on any atom is -0.465 e. The molecule has 0 aliphatic heterocycles. The zero-order valence-corrected chi connectivity index (χ0v) is 11.0. The third kappa shape index (κ3) is 2.66. The Morgan fingerprint density at radius 3 is 3.12 bits per heavy atom. The van der Waals surface area contributed by atoms with E-state index in [1.165, 1.54) is 14.7 Å². The number of carbonyl (C=O) groups is 1. The van der Waals surface area contributed by atoms with Crippen molar-refractivity contribution in [1.82, 2.24) is 5.32 Å². The maximum atomic E-state index is 10.5. The zero-order valence-electron chi connectivity index (χ0n) is 8.87. The van der Waals surface area contributed by atoms with Crippen molar-refractivity contribution in [2.24, 2.45) is 0 Å². The van der Waals surface area contributed by atoms with Crippen LogP contribution in [0.25, 0.3) is 0 Å². The summed E-state index contributed by atoms with van der Waals surface area (Å²) in [5.41, 5.74) is 2.70. The van der Waals surface area contributed by atoms with Gasteiger partial charge in [0, 0.05) is 16.0 Å². The first-order chi connectivity index (χ1) is 7.66. The van der Waals surface area contributed by atoms with Gasteiger partial charge in [0.25, 0.3) is 0 Å². The number of rotatable bonds is 2. The van der Waals surface area contributed by atoms with Gasteiger partial charge in [0.2, 0.25) is 0 Å². The minimum absolute atomic E-state index is 0.344. The number of aryl methyl sites for hydroxylation is 1. The van der Waals surface area contributed by atoms with Gasteiger partial charge >= 0.3 is 6.09 Å². The van der Waals surface area contributed by atoms with Gasteiger partial charge in [-0.15, -0.1) is 0 Å². The normalized spacial score (nSPS) is 18.9. The van der Waals surface area contributed by atoms with Crippen molar-refractivity contribution in [1.29, 1.82) is 0 Å². The number of hydrogen-bond donors (Lipinski definition) is 2. The minimum atomic E-state index is -0.933. The molecule has 0 spiro atoms. The van der Waals surface area contributed by atoms with Gasteiger partial charge in [0.1, 0.15) is 0 Å². The number of nitrogens with one attached hydrogen (secondary N) is 1. The number of benzene rings is 1. The largest absolute Gasteiger partial charge is 0.465 e. The molecule has 0 unspecified atom stereocenters. The fourth-order valence-electron chi connectivity index (χ4n) is 2.31. The molecule has 1 atom stereocenters. The van der Waals surface area contributed by atoms with Gasteiger partial charge in [0.05, 0.1) is 0 Å². The van der Waals surface area contributed by atoms with Crippen LogP contribution in [0.3, 0.4) is 0 Å². The molecule has 0 heterocycles. The van der Waals surface area contributed by atoms with Crippen molar-refractivity contribution in [2.75, 3.05) is 6.54 Å². The predicted molar refractivity (Wildman–Crippen MR) is 70.9 cm³/mol. The van der Waals surface area contributed by atoms with Crippen LogP contribution in [0.15, 0.2) is 18.2 Å². The highest BCUT2D eigenvalue weighted by Gasteiger charge is 2.20. The monoisotopic (exact) mass is 331 g/mol. The highest BCUT2D eigenvalue weighted by atomic mass is 127. The second-order valence-corrected chi connectivity index (χ2v) is 5.36. The van der Waals surface area contributed by atoms with Crippen molar-refractivity contribution >= 4 is 28.7 Å². The molecule has 0 saturated heterocycles. The summed E-state index contributed by atoms with van der Waals surface area (Å²) in [6.45, 7) is 0.531. The molecule has 0 radical (unpaired) electrons. The van der Waals surface area contributed by atoms with Crippen LogP contribution in [0.5, 0.6) is 0 Å². The van der Waals surface area contributed by atoms with Crippen LogP contribution in [0.2, 0.25) is 0 Å². The van der Waals surface area contributed by atoms with Crippen LogP contribution in [-0.4, -0.2) is 17.7 Å². The first-order valence-electron chi connectivity index (χ1n) is 5.42. The molecule has 1 aromatic carbocycles. The van der Waals surface area contributed by atoms with Crippen molar-refractivity contribution < 1.29 is 9.90 Å². The molecule has 1 aromatic rings. The summed E-state index contributed by atoms with van der Waals surface area (Å²) in [5.74, 6) is 0.344. The van der Waals surface area contributed by atoms with Gasteiger partial charge in [0.15, 0.2) is 0 Å². The predicted octanol–water partition coefficient (Wildman–Crippen LogP) is 2.98. The van der Waals surface area contributed by atoms with Crippen LogP contribution in [0.1, 0.15) is 29.9 Å². The Labute approximate surface area is 108 Å². The first kappa shape index (κ1) is 11.7. The smallest absolute Gasteiger partial charge is 0.404 e. The average molecular weight is 331 g/mol. The molecule has 3 nitrogen and oxygen atoms in total. The first-order valence-corrected chi connectivity index (χ1v) is 6.50. The summed E-state index contributed by atoms with van der Waals surface area (Å²) in [6.07, 6.45) is 2.42. The van der Waals surface area contributed by atoms with Crippen LogP contribution >= 0.6 is 22.6 Å². The number of halogens is 1. The molecule has 0 fully saturated rings. The maximum absolute atomic E-state index is 10.5. The van der Waals surface area contributed by atoms with Gasteiger partial charge in [-0.25, -0.2) is 4.79 Å².